The Kier molecular flexibility index (Phi) is 5.30. The summed E-state index contributed by atoms with van der Waals surface area (Å²) in [5.41, 5.74) is 1.03. The Balaban J connectivity index is 0.00000110. The van der Waals surface area contributed by atoms with E-state index in [1.165, 1.54) is 12.1 Å². The monoisotopic (exact) mass is 322 g/mol. The molecule has 108 valence electrons. The molecule has 1 N–H and O–H groups in total. The van der Waals surface area contributed by atoms with Gasteiger partial charge in [0.1, 0.15) is 5.75 Å². The van der Waals surface area contributed by atoms with Gasteiger partial charge in [-0.1, -0.05) is 24.3 Å². The van der Waals surface area contributed by atoms with E-state index in [0.717, 1.165) is 23.3 Å². The zero-order valence-corrected chi connectivity index (χ0v) is 12.4. The fraction of sp³-hybridized carbons (Fsp3) is 0. The molecule has 0 amide bonds. The Hall–Kier alpha value is -2.10. The van der Waals surface area contributed by atoms with Gasteiger partial charge in [-0.15, -0.1) is 24.8 Å². The van der Waals surface area contributed by atoms with Gasteiger partial charge in [0.2, 0.25) is 0 Å². The highest BCUT2D eigenvalue weighted by Crippen LogP contribution is 2.32. The summed E-state index contributed by atoms with van der Waals surface area (Å²) >= 11 is 0. The summed E-state index contributed by atoms with van der Waals surface area (Å²) in [5.74, 6) is 0.0720. The van der Waals surface area contributed by atoms with Crippen molar-refractivity contribution in [2.24, 2.45) is 0 Å². The topological polar surface area (TPSA) is 54.4 Å². The third-order valence-corrected chi connectivity index (χ3v) is 3.33. The maximum Gasteiger partial charge on any atom is 0.151 e. The third-order valence-electron chi connectivity index (χ3n) is 3.33. The van der Waals surface area contributed by atoms with Gasteiger partial charge in [-0.2, -0.15) is 0 Å². The predicted molar refractivity (Wildman–Crippen MR) is 88.4 cm³/mol. The average molecular weight is 323 g/mol. The molecule has 0 saturated carbocycles. The lowest BCUT2D eigenvalue weighted by Crippen LogP contribution is -1.93. The smallest absolute Gasteiger partial charge is 0.151 e. The summed E-state index contributed by atoms with van der Waals surface area (Å²) in [4.78, 5) is 22.7. The SMILES string of the molecule is Cl.Cl.O=Cc1c2ccccc2c(C=O)c2cc(O)ccc12. The molecule has 0 radical (unpaired) electrons. The summed E-state index contributed by atoms with van der Waals surface area (Å²) in [6.45, 7) is 0. The zero-order chi connectivity index (χ0) is 13.4. The van der Waals surface area contributed by atoms with Crippen LogP contribution in [0.5, 0.6) is 5.75 Å². The molecular weight excluding hydrogens is 311 g/mol. The van der Waals surface area contributed by atoms with E-state index in [1.54, 1.807) is 12.1 Å². The maximum atomic E-state index is 11.4. The first kappa shape index (κ1) is 17.0. The van der Waals surface area contributed by atoms with Gasteiger partial charge in [-0.3, -0.25) is 9.59 Å². The van der Waals surface area contributed by atoms with Crippen molar-refractivity contribution in [1.82, 2.24) is 0 Å². The second-order valence-corrected chi connectivity index (χ2v) is 4.34. The number of rotatable bonds is 2. The van der Waals surface area contributed by atoms with Crippen LogP contribution in [0.3, 0.4) is 0 Å². The van der Waals surface area contributed by atoms with E-state index in [1.807, 2.05) is 18.2 Å². The number of halogens is 2. The van der Waals surface area contributed by atoms with Crippen LogP contribution in [-0.4, -0.2) is 17.7 Å². The molecular formula is C16H12Cl2O3. The lowest BCUT2D eigenvalue weighted by molar-refractivity contribution is 0.111. The summed E-state index contributed by atoms with van der Waals surface area (Å²) < 4.78 is 0. The highest BCUT2D eigenvalue weighted by Gasteiger charge is 2.13. The van der Waals surface area contributed by atoms with Crippen LogP contribution in [0, 0.1) is 0 Å². The number of carbonyl (C=O) groups is 2. The first-order valence-electron chi connectivity index (χ1n) is 5.84. The Morgan fingerprint density at radius 1 is 0.714 bits per heavy atom. The minimum atomic E-state index is 0. The van der Waals surface area contributed by atoms with Crippen molar-refractivity contribution in [3.05, 3.63) is 53.6 Å². The first-order valence-corrected chi connectivity index (χ1v) is 5.84. The van der Waals surface area contributed by atoms with Crippen LogP contribution in [0.2, 0.25) is 0 Å². The lowest BCUT2D eigenvalue weighted by Gasteiger charge is -2.10. The third kappa shape index (κ3) is 2.58. The van der Waals surface area contributed by atoms with Crippen molar-refractivity contribution in [2.45, 2.75) is 0 Å². The summed E-state index contributed by atoms with van der Waals surface area (Å²) in [7, 11) is 0. The van der Waals surface area contributed by atoms with Crippen LogP contribution < -0.4 is 0 Å². The molecule has 0 unspecified atom stereocenters. The van der Waals surface area contributed by atoms with Gasteiger partial charge in [-0.05, 0) is 39.7 Å². The minimum absolute atomic E-state index is 0. The molecule has 0 aromatic heterocycles. The van der Waals surface area contributed by atoms with E-state index < -0.39 is 0 Å². The number of hydrogen-bond donors (Lipinski definition) is 1. The van der Waals surface area contributed by atoms with Crippen molar-refractivity contribution in [1.29, 1.82) is 0 Å². The number of benzene rings is 3. The number of aromatic hydroxyl groups is 1. The van der Waals surface area contributed by atoms with Gasteiger partial charge >= 0.3 is 0 Å². The Bertz CT molecular complexity index is 828. The molecule has 0 aliphatic carbocycles. The molecule has 5 heteroatoms. The summed E-state index contributed by atoms with van der Waals surface area (Å²) in [6.07, 6.45) is 1.55. The quantitative estimate of drug-likeness (QED) is 0.569. The summed E-state index contributed by atoms with van der Waals surface area (Å²) in [6, 6.07) is 12.0. The van der Waals surface area contributed by atoms with Crippen LogP contribution in [0.25, 0.3) is 21.5 Å². The summed E-state index contributed by atoms with van der Waals surface area (Å²) in [5, 5.41) is 12.3. The number of aldehydes is 2. The Morgan fingerprint density at radius 2 is 1.19 bits per heavy atom. The van der Waals surface area contributed by atoms with Crippen molar-refractivity contribution in [2.75, 3.05) is 0 Å². The van der Waals surface area contributed by atoms with E-state index >= 15 is 0 Å². The normalized spacial score (nSPS) is 9.71. The van der Waals surface area contributed by atoms with E-state index in [4.69, 9.17) is 0 Å². The largest absolute Gasteiger partial charge is 0.508 e. The fourth-order valence-electron chi connectivity index (χ4n) is 2.49. The number of phenolic OH excluding ortho intramolecular Hbond substituents is 1. The van der Waals surface area contributed by atoms with Crippen LogP contribution in [-0.2, 0) is 0 Å². The van der Waals surface area contributed by atoms with Gasteiger partial charge in [0.05, 0.1) is 0 Å². The molecule has 0 heterocycles. The van der Waals surface area contributed by atoms with Crippen LogP contribution in [0.4, 0.5) is 0 Å². The molecule has 0 aliphatic rings. The van der Waals surface area contributed by atoms with E-state index in [0.29, 0.717) is 21.9 Å². The van der Waals surface area contributed by atoms with Gasteiger partial charge < -0.3 is 5.11 Å². The molecule has 3 rings (SSSR count). The molecule has 0 fully saturated rings. The number of phenols is 1. The van der Waals surface area contributed by atoms with E-state index in [9.17, 15) is 14.7 Å². The molecule has 21 heavy (non-hydrogen) atoms. The number of fused-ring (bicyclic) bond motifs is 2. The fourth-order valence-corrected chi connectivity index (χ4v) is 2.49. The molecule has 0 atom stereocenters. The predicted octanol–water partition coefficient (Wildman–Crippen LogP) is 4.17. The Morgan fingerprint density at radius 3 is 1.71 bits per heavy atom. The molecule has 0 bridgehead atoms. The standard InChI is InChI=1S/C16H10O3.2ClH/c17-8-15-11-3-1-2-4-12(11)16(9-18)14-7-10(19)5-6-13(14)15;;/h1-9,19H;2*1H. The molecule has 0 spiro atoms. The van der Waals surface area contributed by atoms with Crippen molar-refractivity contribution >= 4 is 58.9 Å². The van der Waals surface area contributed by atoms with Crippen LogP contribution >= 0.6 is 24.8 Å². The Labute approximate surface area is 133 Å². The maximum absolute atomic E-state index is 11.4. The highest BCUT2D eigenvalue weighted by molar-refractivity contribution is 6.20. The average Bonchev–Trinajstić information content (AvgIpc) is 2.44. The molecule has 3 aromatic rings. The van der Waals surface area contributed by atoms with Gasteiger partial charge in [0, 0.05) is 11.1 Å². The molecule has 3 aromatic carbocycles. The van der Waals surface area contributed by atoms with Gasteiger partial charge in [0.25, 0.3) is 0 Å². The van der Waals surface area contributed by atoms with Crippen LogP contribution in [0.15, 0.2) is 42.5 Å². The minimum Gasteiger partial charge on any atom is -0.508 e. The number of hydrogen-bond acceptors (Lipinski definition) is 3. The van der Waals surface area contributed by atoms with Gasteiger partial charge in [-0.25, -0.2) is 0 Å². The highest BCUT2D eigenvalue weighted by atomic mass is 35.5. The van der Waals surface area contributed by atoms with Crippen molar-refractivity contribution in [3.8, 4) is 5.75 Å². The van der Waals surface area contributed by atoms with E-state index in [2.05, 4.69) is 0 Å². The van der Waals surface area contributed by atoms with Crippen LogP contribution in [0.1, 0.15) is 20.7 Å². The molecule has 0 aliphatic heterocycles. The first-order chi connectivity index (χ1) is 9.26. The van der Waals surface area contributed by atoms with Crippen molar-refractivity contribution in [3.63, 3.8) is 0 Å². The van der Waals surface area contributed by atoms with E-state index in [-0.39, 0.29) is 30.6 Å². The molecule has 0 saturated heterocycles. The second kappa shape index (κ2) is 6.57. The molecule has 3 nitrogen and oxygen atoms in total. The van der Waals surface area contributed by atoms with Gasteiger partial charge in [0.15, 0.2) is 12.6 Å². The second-order valence-electron chi connectivity index (χ2n) is 4.34. The lowest BCUT2D eigenvalue weighted by atomic mass is 9.92. The zero-order valence-electron chi connectivity index (χ0n) is 10.8. The number of carbonyl (C=O) groups excluding carboxylic acids is 2. The van der Waals surface area contributed by atoms with Crippen molar-refractivity contribution < 1.29 is 14.7 Å².